The molecule has 1 unspecified atom stereocenters. The van der Waals surface area contributed by atoms with Gasteiger partial charge in [-0.1, -0.05) is 24.7 Å². The Hall–Kier alpha value is -3.59. The first-order valence-corrected chi connectivity index (χ1v) is 11.8. The quantitative estimate of drug-likeness (QED) is 0.458. The summed E-state index contributed by atoms with van der Waals surface area (Å²) in [7, 11) is 3.11. The minimum Gasteiger partial charge on any atom is -0.497 e. The number of allylic oxidation sites excluding steroid dienone is 1. The smallest absolute Gasteiger partial charge is 0.338 e. The van der Waals surface area contributed by atoms with Crippen LogP contribution in [0.25, 0.3) is 6.08 Å². The van der Waals surface area contributed by atoms with E-state index in [0.717, 1.165) is 6.42 Å². The maximum atomic E-state index is 13.7. The number of carbonyl (C=O) groups is 1. The summed E-state index contributed by atoms with van der Waals surface area (Å²) in [6.07, 6.45) is 4.55. The highest BCUT2D eigenvalue weighted by Gasteiger charge is 2.36. The van der Waals surface area contributed by atoms with Gasteiger partial charge in [-0.2, -0.15) is 0 Å². The summed E-state index contributed by atoms with van der Waals surface area (Å²) in [5, 5.41) is 0. The Morgan fingerprint density at radius 3 is 2.71 bits per heavy atom. The van der Waals surface area contributed by atoms with Crippen molar-refractivity contribution in [3.63, 3.8) is 0 Å². The summed E-state index contributed by atoms with van der Waals surface area (Å²) >= 11 is 1.25. The van der Waals surface area contributed by atoms with E-state index in [2.05, 4.69) is 0 Å². The van der Waals surface area contributed by atoms with Gasteiger partial charge >= 0.3 is 5.97 Å². The number of benzene rings is 1. The van der Waals surface area contributed by atoms with E-state index in [0.29, 0.717) is 49.8 Å². The predicted molar refractivity (Wildman–Crippen MR) is 128 cm³/mol. The molecule has 1 atom stereocenters. The van der Waals surface area contributed by atoms with E-state index in [1.54, 1.807) is 63.8 Å². The molecule has 34 heavy (non-hydrogen) atoms. The molecule has 0 radical (unpaired) electrons. The van der Waals surface area contributed by atoms with E-state index in [1.807, 2.05) is 6.92 Å². The van der Waals surface area contributed by atoms with E-state index < -0.39 is 12.0 Å². The third kappa shape index (κ3) is 4.31. The fourth-order valence-electron chi connectivity index (χ4n) is 3.97. The third-order valence-corrected chi connectivity index (χ3v) is 6.42. The van der Waals surface area contributed by atoms with Crippen molar-refractivity contribution in [2.24, 2.45) is 4.99 Å². The van der Waals surface area contributed by atoms with Crippen molar-refractivity contribution < 1.29 is 23.4 Å². The van der Waals surface area contributed by atoms with Crippen LogP contribution >= 0.6 is 11.3 Å². The molecule has 0 fully saturated rings. The highest BCUT2D eigenvalue weighted by Crippen LogP contribution is 2.38. The summed E-state index contributed by atoms with van der Waals surface area (Å²) < 4.78 is 23.9. The van der Waals surface area contributed by atoms with Gasteiger partial charge in [0.1, 0.15) is 23.3 Å². The maximum absolute atomic E-state index is 13.7. The molecule has 4 rings (SSSR count). The molecule has 0 bridgehead atoms. The first kappa shape index (κ1) is 23.6. The van der Waals surface area contributed by atoms with Crippen molar-refractivity contribution in [3.05, 3.63) is 78.9 Å². The summed E-state index contributed by atoms with van der Waals surface area (Å²) in [5.74, 6) is 1.14. The highest BCUT2D eigenvalue weighted by atomic mass is 32.1. The molecule has 1 aromatic carbocycles. The number of hydrogen-bond acceptors (Lipinski definition) is 8. The Bertz CT molecular complexity index is 1400. The molecular weight excluding hydrogens is 456 g/mol. The van der Waals surface area contributed by atoms with Crippen LogP contribution in [0.5, 0.6) is 11.5 Å². The van der Waals surface area contributed by atoms with E-state index in [-0.39, 0.29) is 12.2 Å². The Morgan fingerprint density at radius 1 is 1.24 bits per heavy atom. The Morgan fingerprint density at radius 2 is 2.06 bits per heavy atom. The lowest BCUT2D eigenvalue weighted by atomic mass is 9.93. The molecule has 1 aliphatic rings. The lowest BCUT2D eigenvalue weighted by Gasteiger charge is -2.27. The number of aromatic nitrogens is 1. The van der Waals surface area contributed by atoms with E-state index in [9.17, 15) is 9.59 Å². The van der Waals surface area contributed by atoms with Crippen LogP contribution in [0.3, 0.4) is 0 Å². The second kappa shape index (κ2) is 10.1. The number of carbonyl (C=O) groups excluding carboxylic acids is 1. The summed E-state index contributed by atoms with van der Waals surface area (Å²) in [5.41, 5.74) is 1.25. The average molecular weight is 483 g/mol. The van der Waals surface area contributed by atoms with Crippen LogP contribution in [0.1, 0.15) is 44.1 Å². The maximum Gasteiger partial charge on any atom is 0.338 e. The number of ether oxygens (including phenoxy) is 3. The van der Waals surface area contributed by atoms with Crippen LogP contribution in [-0.4, -0.2) is 31.4 Å². The largest absolute Gasteiger partial charge is 0.497 e. The molecule has 3 aromatic rings. The molecule has 0 N–H and O–H groups in total. The fourth-order valence-corrected chi connectivity index (χ4v) is 4.97. The molecule has 0 saturated carbocycles. The first-order chi connectivity index (χ1) is 16.5. The average Bonchev–Trinajstić information content (AvgIpc) is 3.46. The van der Waals surface area contributed by atoms with Crippen molar-refractivity contribution >= 4 is 23.4 Å². The van der Waals surface area contributed by atoms with Gasteiger partial charge in [0.25, 0.3) is 5.56 Å². The van der Waals surface area contributed by atoms with Gasteiger partial charge in [0, 0.05) is 11.6 Å². The van der Waals surface area contributed by atoms with Crippen molar-refractivity contribution in [1.82, 2.24) is 4.57 Å². The van der Waals surface area contributed by atoms with Crippen LogP contribution in [0.15, 0.2) is 62.1 Å². The lowest BCUT2D eigenvalue weighted by Crippen LogP contribution is -2.40. The van der Waals surface area contributed by atoms with Gasteiger partial charge in [-0.15, -0.1) is 0 Å². The lowest BCUT2D eigenvalue weighted by molar-refractivity contribution is -0.139. The zero-order chi connectivity index (χ0) is 24.2. The number of rotatable bonds is 8. The Labute approximate surface area is 200 Å². The minimum atomic E-state index is -0.791. The molecule has 9 heteroatoms. The highest BCUT2D eigenvalue weighted by molar-refractivity contribution is 7.07. The van der Waals surface area contributed by atoms with Crippen molar-refractivity contribution in [1.29, 1.82) is 0 Å². The standard InChI is InChI=1S/C25H26N2O6S/c1-5-8-18-21(24(29)32-6-2)22(17-13-15(30-3)10-11-19(17)31-4)27-23(28)20(34-25(27)26-18)14-16-9-7-12-33-16/h7,9-14,22H,5-6,8H2,1-4H3. The molecule has 0 spiro atoms. The van der Waals surface area contributed by atoms with Crippen LogP contribution < -0.4 is 24.4 Å². The first-order valence-electron chi connectivity index (χ1n) is 11.0. The molecule has 0 saturated heterocycles. The number of methoxy groups -OCH3 is 2. The third-order valence-electron chi connectivity index (χ3n) is 5.44. The van der Waals surface area contributed by atoms with Crippen LogP contribution in [0.4, 0.5) is 0 Å². The molecule has 1 aliphatic heterocycles. The second-order valence-corrected chi connectivity index (χ2v) is 8.55. The fraction of sp³-hybridized carbons (Fsp3) is 0.320. The van der Waals surface area contributed by atoms with E-state index >= 15 is 0 Å². The molecule has 178 valence electrons. The number of fused-ring (bicyclic) bond motifs is 1. The number of hydrogen-bond donors (Lipinski definition) is 0. The van der Waals surface area contributed by atoms with Crippen molar-refractivity contribution in [2.45, 2.75) is 32.7 Å². The summed E-state index contributed by atoms with van der Waals surface area (Å²) in [4.78, 5) is 32.2. The Balaban J connectivity index is 2.07. The van der Waals surface area contributed by atoms with Gasteiger partial charge in [-0.05, 0) is 43.7 Å². The molecule has 0 aliphatic carbocycles. The molecule has 2 aromatic heterocycles. The summed E-state index contributed by atoms with van der Waals surface area (Å²) in [6, 6.07) is 8.04. The monoisotopic (exact) mass is 482 g/mol. The zero-order valence-electron chi connectivity index (χ0n) is 19.5. The molecule has 8 nitrogen and oxygen atoms in total. The van der Waals surface area contributed by atoms with Crippen LogP contribution in [0.2, 0.25) is 0 Å². The molecule has 3 heterocycles. The predicted octanol–water partition coefficient (Wildman–Crippen LogP) is 3.19. The van der Waals surface area contributed by atoms with E-state index in [1.165, 1.54) is 15.9 Å². The zero-order valence-corrected chi connectivity index (χ0v) is 20.3. The topological polar surface area (TPSA) is 92.3 Å². The molecule has 0 amide bonds. The number of esters is 1. The minimum absolute atomic E-state index is 0.201. The Kier molecular flexibility index (Phi) is 7.02. The normalized spacial score (nSPS) is 15.6. The van der Waals surface area contributed by atoms with Crippen LogP contribution in [0, 0.1) is 0 Å². The van der Waals surface area contributed by atoms with Gasteiger partial charge in [0.05, 0.1) is 42.9 Å². The van der Waals surface area contributed by atoms with Gasteiger partial charge < -0.3 is 18.6 Å². The summed E-state index contributed by atoms with van der Waals surface area (Å²) in [6.45, 7) is 3.96. The van der Waals surface area contributed by atoms with Gasteiger partial charge in [0.15, 0.2) is 4.80 Å². The van der Waals surface area contributed by atoms with E-state index in [4.69, 9.17) is 23.6 Å². The number of thiazole rings is 1. The van der Waals surface area contributed by atoms with Crippen molar-refractivity contribution in [2.75, 3.05) is 20.8 Å². The van der Waals surface area contributed by atoms with Gasteiger partial charge in [-0.25, -0.2) is 9.79 Å². The van der Waals surface area contributed by atoms with Gasteiger partial charge in [0.2, 0.25) is 0 Å². The SMILES string of the molecule is CCCC1=C(C(=O)OCC)C(c2cc(OC)ccc2OC)n2c(sc(=Cc3ccco3)c2=O)=N1. The van der Waals surface area contributed by atoms with Gasteiger partial charge in [-0.3, -0.25) is 9.36 Å². The van der Waals surface area contributed by atoms with Crippen LogP contribution in [-0.2, 0) is 9.53 Å². The number of nitrogens with zero attached hydrogens (tertiary/aromatic N) is 2. The van der Waals surface area contributed by atoms with Crippen molar-refractivity contribution in [3.8, 4) is 11.5 Å². The molecular formula is C25H26N2O6S. The number of furan rings is 1. The second-order valence-electron chi connectivity index (χ2n) is 7.54.